The van der Waals surface area contributed by atoms with Crippen molar-refractivity contribution >= 4 is 12.4 Å². The van der Waals surface area contributed by atoms with Crippen LogP contribution in [0, 0.1) is 0 Å². The van der Waals surface area contributed by atoms with Gasteiger partial charge >= 0.3 is 6.09 Å². The first-order valence-corrected chi connectivity index (χ1v) is 6.29. The fraction of sp³-hybridized carbons (Fsp3) is 0.133. The topological polar surface area (TPSA) is 88.5 Å². The highest BCUT2D eigenvalue weighted by atomic mass is 16.5. The van der Waals surface area contributed by atoms with Crippen molar-refractivity contribution < 1.29 is 19.4 Å². The summed E-state index contributed by atoms with van der Waals surface area (Å²) in [6.45, 7) is 0.409. The summed E-state index contributed by atoms with van der Waals surface area (Å²) in [6.07, 6.45) is 2.92. The summed E-state index contributed by atoms with van der Waals surface area (Å²) in [6, 6.07) is 8.95. The van der Waals surface area contributed by atoms with Gasteiger partial charge in [0.05, 0.1) is 12.7 Å². The van der Waals surface area contributed by atoms with E-state index in [1.807, 2.05) is 6.07 Å². The predicted octanol–water partition coefficient (Wildman–Crippen LogP) is 2.21. The number of nitrogens with one attached hydrogen (secondary N) is 1. The molecule has 0 radical (unpaired) electrons. The maximum Gasteiger partial charge on any atom is 0.404 e. The Hall–Kier alpha value is -2.89. The summed E-state index contributed by atoms with van der Waals surface area (Å²) in [4.78, 5) is 25.2. The minimum atomic E-state index is -1.09. The molecule has 1 aromatic carbocycles. The average Bonchev–Trinajstić information content (AvgIpc) is 2.52. The lowest BCUT2D eigenvalue weighted by Crippen LogP contribution is -2.26. The summed E-state index contributed by atoms with van der Waals surface area (Å²) < 4.78 is 5.42. The molecule has 2 N–H and O–H groups in total. The number of aromatic nitrogens is 1. The Kier molecular flexibility index (Phi) is 4.87. The van der Waals surface area contributed by atoms with E-state index in [-0.39, 0.29) is 13.2 Å². The molecule has 21 heavy (non-hydrogen) atoms. The highest BCUT2D eigenvalue weighted by molar-refractivity contribution is 5.78. The second kappa shape index (κ2) is 7.04. The first-order valence-electron chi connectivity index (χ1n) is 6.29. The summed E-state index contributed by atoms with van der Waals surface area (Å²) >= 11 is 0. The van der Waals surface area contributed by atoms with Gasteiger partial charge in [-0.1, -0.05) is 18.2 Å². The fourth-order valence-electron chi connectivity index (χ4n) is 1.77. The molecule has 0 saturated carbocycles. The summed E-state index contributed by atoms with van der Waals surface area (Å²) in [5.41, 5.74) is 2.27. The monoisotopic (exact) mass is 286 g/mol. The molecule has 0 unspecified atom stereocenters. The van der Waals surface area contributed by atoms with Crippen molar-refractivity contribution in [2.75, 3.05) is 13.2 Å². The number of benzene rings is 1. The van der Waals surface area contributed by atoms with Crippen LogP contribution in [0.4, 0.5) is 4.79 Å². The smallest absolute Gasteiger partial charge is 0.404 e. The number of carbonyl (C=O) groups excluding carboxylic acids is 1. The van der Waals surface area contributed by atoms with Gasteiger partial charge < -0.3 is 15.2 Å². The van der Waals surface area contributed by atoms with E-state index in [9.17, 15) is 9.59 Å². The molecule has 108 valence electrons. The van der Waals surface area contributed by atoms with E-state index in [0.717, 1.165) is 17.4 Å². The van der Waals surface area contributed by atoms with Crippen LogP contribution in [0.15, 0.2) is 42.7 Å². The van der Waals surface area contributed by atoms with E-state index in [1.54, 1.807) is 36.7 Å². The number of rotatable bonds is 6. The van der Waals surface area contributed by atoms with Crippen molar-refractivity contribution in [3.63, 3.8) is 0 Å². The minimum absolute atomic E-state index is 0.195. The molecule has 6 nitrogen and oxygen atoms in total. The third-order valence-electron chi connectivity index (χ3n) is 2.72. The second-order valence-corrected chi connectivity index (χ2v) is 4.23. The van der Waals surface area contributed by atoms with Crippen LogP contribution in [-0.4, -0.2) is 35.6 Å². The molecule has 0 saturated heterocycles. The zero-order valence-electron chi connectivity index (χ0n) is 11.2. The van der Waals surface area contributed by atoms with Crippen molar-refractivity contribution in [2.45, 2.75) is 0 Å². The van der Waals surface area contributed by atoms with E-state index in [1.165, 1.54) is 0 Å². The number of pyridine rings is 1. The summed E-state index contributed by atoms with van der Waals surface area (Å²) in [7, 11) is 0. The van der Waals surface area contributed by atoms with Gasteiger partial charge in [0, 0.05) is 17.3 Å². The largest absolute Gasteiger partial charge is 0.490 e. The second-order valence-electron chi connectivity index (χ2n) is 4.23. The van der Waals surface area contributed by atoms with Gasteiger partial charge in [-0.3, -0.25) is 9.78 Å². The first kappa shape index (κ1) is 14.5. The van der Waals surface area contributed by atoms with E-state index in [4.69, 9.17) is 9.84 Å². The lowest BCUT2D eigenvalue weighted by molar-refractivity contribution is 0.112. The van der Waals surface area contributed by atoms with Crippen LogP contribution in [0.2, 0.25) is 0 Å². The summed E-state index contributed by atoms with van der Waals surface area (Å²) in [5, 5.41) is 10.7. The summed E-state index contributed by atoms with van der Waals surface area (Å²) in [5.74, 6) is 0.538. The molecule has 0 aliphatic rings. The minimum Gasteiger partial charge on any atom is -0.490 e. The van der Waals surface area contributed by atoms with Gasteiger partial charge in [0.15, 0.2) is 0 Å². The maximum absolute atomic E-state index is 10.8. The van der Waals surface area contributed by atoms with Crippen LogP contribution in [0.3, 0.4) is 0 Å². The number of hydrogen-bond acceptors (Lipinski definition) is 4. The number of carboxylic acid groups (broad SMARTS) is 1. The Morgan fingerprint density at radius 3 is 2.90 bits per heavy atom. The molecule has 0 spiro atoms. The van der Waals surface area contributed by atoms with Crippen LogP contribution in [0.25, 0.3) is 11.1 Å². The van der Waals surface area contributed by atoms with E-state index in [2.05, 4.69) is 10.3 Å². The lowest BCUT2D eigenvalue weighted by atomic mass is 10.1. The lowest BCUT2D eigenvalue weighted by Gasteiger charge is -2.08. The van der Waals surface area contributed by atoms with Gasteiger partial charge in [-0.15, -0.1) is 0 Å². The van der Waals surface area contributed by atoms with Crippen LogP contribution >= 0.6 is 0 Å². The van der Waals surface area contributed by atoms with Crippen molar-refractivity contribution in [1.29, 1.82) is 0 Å². The first-order chi connectivity index (χ1) is 10.2. The zero-order chi connectivity index (χ0) is 15.1. The van der Waals surface area contributed by atoms with Gasteiger partial charge in [-0.25, -0.2) is 4.79 Å². The van der Waals surface area contributed by atoms with Gasteiger partial charge in [0.1, 0.15) is 18.6 Å². The Morgan fingerprint density at radius 2 is 2.14 bits per heavy atom. The van der Waals surface area contributed by atoms with E-state index >= 15 is 0 Å². The third-order valence-corrected chi connectivity index (χ3v) is 2.72. The number of carbonyl (C=O) groups is 2. The molecule has 0 aliphatic heterocycles. The quantitative estimate of drug-likeness (QED) is 0.628. The molecule has 2 rings (SSSR count). The van der Waals surface area contributed by atoms with Crippen molar-refractivity contribution in [1.82, 2.24) is 10.3 Å². The zero-order valence-corrected chi connectivity index (χ0v) is 11.2. The van der Waals surface area contributed by atoms with Crippen molar-refractivity contribution in [2.24, 2.45) is 0 Å². The Balaban J connectivity index is 2.06. The fourth-order valence-corrected chi connectivity index (χ4v) is 1.77. The van der Waals surface area contributed by atoms with Gasteiger partial charge in [-0.05, 0) is 17.7 Å². The van der Waals surface area contributed by atoms with Crippen LogP contribution in [0.5, 0.6) is 5.75 Å². The molecule has 0 atom stereocenters. The highest BCUT2D eigenvalue weighted by Gasteiger charge is 2.02. The Morgan fingerprint density at radius 1 is 1.29 bits per heavy atom. The van der Waals surface area contributed by atoms with Gasteiger partial charge in [0.2, 0.25) is 0 Å². The maximum atomic E-state index is 10.8. The highest BCUT2D eigenvalue weighted by Crippen LogP contribution is 2.23. The number of ether oxygens (including phenoxy) is 1. The molecule has 1 aromatic heterocycles. The number of nitrogens with zero attached hydrogens (tertiary/aromatic N) is 1. The van der Waals surface area contributed by atoms with Crippen molar-refractivity contribution in [3.05, 3.63) is 48.3 Å². The van der Waals surface area contributed by atoms with Crippen molar-refractivity contribution in [3.8, 4) is 16.9 Å². The van der Waals surface area contributed by atoms with E-state index < -0.39 is 6.09 Å². The standard InChI is InChI=1S/C15H14N2O4/c18-10-11-2-1-3-12(6-11)13-7-14(9-16-8-13)21-5-4-17-15(19)20/h1-3,6-10,17H,4-5H2,(H,19,20). The van der Waals surface area contributed by atoms with Gasteiger partial charge in [-0.2, -0.15) is 0 Å². The van der Waals surface area contributed by atoms with Gasteiger partial charge in [0.25, 0.3) is 0 Å². The van der Waals surface area contributed by atoms with Crippen LogP contribution in [0.1, 0.15) is 10.4 Å². The molecule has 2 aromatic rings. The Bertz CT molecular complexity index is 643. The molecule has 0 bridgehead atoms. The molecule has 1 heterocycles. The number of amides is 1. The molecule has 1 amide bonds. The number of aldehydes is 1. The van der Waals surface area contributed by atoms with E-state index in [0.29, 0.717) is 11.3 Å². The third kappa shape index (κ3) is 4.31. The normalized spacial score (nSPS) is 9.90. The molecule has 0 fully saturated rings. The Labute approximate surface area is 121 Å². The average molecular weight is 286 g/mol. The molecular weight excluding hydrogens is 272 g/mol. The molecular formula is C15H14N2O4. The number of hydrogen-bond donors (Lipinski definition) is 2. The van der Waals surface area contributed by atoms with Crippen LogP contribution in [-0.2, 0) is 0 Å². The SMILES string of the molecule is O=Cc1cccc(-c2cncc(OCCNC(=O)O)c2)c1. The van der Waals surface area contributed by atoms with Crippen LogP contribution < -0.4 is 10.1 Å². The molecule has 6 heteroatoms. The molecule has 0 aliphatic carbocycles. The predicted molar refractivity (Wildman–Crippen MR) is 76.6 cm³/mol.